The average Bonchev–Trinajstić information content (AvgIpc) is 2.83. The maximum Gasteiger partial charge on any atom is 0.123 e. The van der Waals surface area contributed by atoms with Crippen molar-refractivity contribution in [1.29, 1.82) is 0 Å². The Kier molecular flexibility index (Phi) is 3.25. The van der Waals surface area contributed by atoms with Crippen molar-refractivity contribution in [3.05, 3.63) is 71.8 Å². The van der Waals surface area contributed by atoms with Gasteiger partial charge >= 0.3 is 0 Å². The van der Waals surface area contributed by atoms with Crippen molar-refractivity contribution in [2.75, 3.05) is 0 Å². The molecule has 0 unspecified atom stereocenters. The molecule has 4 heteroatoms. The smallest absolute Gasteiger partial charge is 0.123 e. The minimum atomic E-state index is -0.199. The maximum absolute atomic E-state index is 13.0. The van der Waals surface area contributed by atoms with Crippen molar-refractivity contribution >= 4 is 5.52 Å². The molecule has 0 fully saturated rings. The molecule has 3 nitrogen and oxygen atoms in total. The number of hydrogen-bond donors (Lipinski definition) is 1. The number of fused-ring (bicyclic) bond motifs is 1. The summed E-state index contributed by atoms with van der Waals surface area (Å²) in [6, 6.07) is 12.6. The first-order chi connectivity index (χ1) is 9.33. The molecule has 19 heavy (non-hydrogen) atoms. The van der Waals surface area contributed by atoms with Gasteiger partial charge in [0.05, 0.1) is 11.7 Å². The second-order valence-electron chi connectivity index (χ2n) is 4.43. The molecule has 0 aliphatic rings. The number of halogens is 1. The van der Waals surface area contributed by atoms with Crippen LogP contribution in [0.25, 0.3) is 5.52 Å². The summed E-state index contributed by atoms with van der Waals surface area (Å²) in [5.74, 6) is -0.199. The summed E-state index contributed by atoms with van der Waals surface area (Å²) >= 11 is 0. The van der Waals surface area contributed by atoms with Crippen molar-refractivity contribution in [3.8, 4) is 0 Å². The Bertz CT molecular complexity index is 690. The number of nitrogens with zero attached hydrogens (tertiary/aromatic N) is 2. The first-order valence-corrected chi connectivity index (χ1v) is 6.19. The van der Waals surface area contributed by atoms with E-state index in [-0.39, 0.29) is 5.82 Å². The van der Waals surface area contributed by atoms with Crippen molar-refractivity contribution in [2.45, 2.75) is 13.1 Å². The molecule has 0 amide bonds. The summed E-state index contributed by atoms with van der Waals surface area (Å²) in [6.07, 6.45) is 3.78. The summed E-state index contributed by atoms with van der Waals surface area (Å²) in [7, 11) is 0. The predicted molar refractivity (Wildman–Crippen MR) is 72.1 cm³/mol. The Hall–Kier alpha value is -2.20. The number of hydrogen-bond acceptors (Lipinski definition) is 2. The first kappa shape index (κ1) is 11.9. The fourth-order valence-corrected chi connectivity index (χ4v) is 2.11. The van der Waals surface area contributed by atoms with E-state index in [1.54, 1.807) is 12.1 Å². The van der Waals surface area contributed by atoms with Crippen LogP contribution in [0.4, 0.5) is 4.39 Å². The van der Waals surface area contributed by atoms with E-state index in [9.17, 15) is 4.39 Å². The molecule has 2 heterocycles. The van der Waals surface area contributed by atoms with Gasteiger partial charge in [-0.1, -0.05) is 18.2 Å². The van der Waals surface area contributed by atoms with Gasteiger partial charge in [-0.25, -0.2) is 8.91 Å². The standard InChI is InChI=1S/C15H14FN3/c16-14-5-3-4-12(8-14)9-17-10-13-11-18-19-7-2-1-6-15(13)19/h1-8,11,17H,9-10H2. The Balaban J connectivity index is 1.66. The van der Waals surface area contributed by atoms with E-state index in [1.807, 2.05) is 41.2 Å². The molecular formula is C15H14FN3. The summed E-state index contributed by atoms with van der Waals surface area (Å²) in [4.78, 5) is 0. The average molecular weight is 255 g/mol. The second-order valence-corrected chi connectivity index (χ2v) is 4.43. The monoisotopic (exact) mass is 255 g/mol. The van der Waals surface area contributed by atoms with Crippen LogP contribution < -0.4 is 5.32 Å². The summed E-state index contributed by atoms with van der Waals surface area (Å²) in [6.45, 7) is 1.35. The van der Waals surface area contributed by atoms with E-state index in [2.05, 4.69) is 10.4 Å². The van der Waals surface area contributed by atoms with Gasteiger partial charge in [-0.2, -0.15) is 5.10 Å². The number of aromatic nitrogens is 2. The van der Waals surface area contributed by atoms with E-state index in [0.717, 1.165) is 16.6 Å². The molecule has 0 saturated heterocycles. The normalized spacial score (nSPS) is 11.0. The molecule has 0 radical (unpaired) electrons. The van der Waals surface area contributed by atoms with Crippen LogP contribution in [0, 0.1) is 5.82 Å². The third-order valence-electron chi connectivity index (χ3n) is 3.04. The topological polar surface area (TPSA) is 29.3 Å². The highest BCUT2D eigenvalue weighted by Gasteiger charge is 2.02. The Morgan fingerprint density at radius 2 is 2.05 bits per heavy atom. The predicted octanol–water partition coefficient (Wildman–Crippen LogP) is 2.76. The number of benzene rings is 1. The van der Waals surface area contributed by atoms with Crippen LogP contribution in [0.15, 0.2) is 54.9 Å². The molecule has 3 rings (SSSR count). The summed E-state index contributed by atoms with van der Waals surface area (Å²) in [5, 5.41) is 7.58. The fourth-order valence-electron chi connectivity index (χ4n) is 2.11. The molecule has 0 bridgehead atoms. The Morgan fingerprint density at radius 1 is 1.11 bits per heavy atom. The zero-order valence-electron chi connectivity index (χ0n) is 10.4. The third kappa shape index (κ3) is 2.63. The highest BCUT2D eigenvalue weighted by Crippen LogP contribution is 2.10. The van der Waals surface area contributed by atoms with Gasteiger partial charge in [-0.3, -0.25) is 0 Å². The van der Waals surface area contributed by atoms with Crippen molar-refractivity contribution < 1.29 is 4.39 Å². The van der Waals surface area contributed by atoms with Crippen LogP contribution in [-0.4, -0.2) is 9.61 Å². The van der Waals surface area contributed by atoms with Crippen molar-refractivity contribution in [1.82, 2.24) is 14.9 Å². The van der Waals surface area contributed by atoms with Gasteiger partial charge in [0.25, 0.3) is 0 Å². The molecule has 0 aliphatic carbocycles. The van der Waals surface area contributed by atoms with Crippen molar-refractivity contribution in [3.63, 3.8) is 0 Å². The van der Waals surface area contributed by atoms with Crippen LogP contribution in [0.3, 0.4) is 0 Å². The Morgan fingerprint density at radius 3 is 2.95 bits per heavy atom. The van der Waals surface area contributed by atoms with Crippen LogP contribution in [0.5, 0.6) is 0 Å². The van der Waals surface area contributed by atoms with Crippen LogP contribution >= 0.6 is 0 Å². The van der Waals surface area contributed by atoms with E-state index >= 15 is 0 Å². The quantitative estimate of drug-likeness (QED) is 0.776. The molecule has 0 aliphatic heterocycles. The van der Waals surface area contributed by atoms with E-state index < -0.39 is 0 Å². The molecule has 1 aromatic carbocycles. The summed E-state index contributed by atoms with van der Waals surface area (Å²) in [5.41, 5.74) is 3.17. The van der Waals surface area contributed by atoms with Crippen LogP contribution in [0.1, 0.15) is 11.1 Å². The molecule has 0 spiro atoms. The van der Waals surface area contributed by atoms with E-state index in [4.69, 9.17) is 0 Å². The van der Waals surface area contributed by atoms with E-state index in [0.29, 0.717) is 13.1 Å². The molecule has 0 atom stereocenters. The zero-order chi connectivity index (χ0) is 13.1. The highest BCUT2D eigenvalue weighted by molar-refractivity contribution is 5.53. The third-order valence-corrected chi connectivity index (χ3v) is 3.04. The minimum Gasteiger partial charge on any atom is -0.308 e. The van der Waals surface area contributed by atoms with Gasteiger partial charge in [-0.15, -0.1) is 0 Å². The lowest BCUT2D eigenvalue weighted by Gasteiger charge is -2.04. The fraction of sp³-hybridized carbons (Fsp3) is 0.133. The number of rotatable bonds is 4. The molecule has 3 aromatic rings. The molecule has 96 valence electrons. The highest BCUT2D eigenvalue weighted by atomic mass is 19.1. The lowest BCUT2D eigenvalue weighted by Crippen LogP contribution is -2.12. The summed E-state index contributed by atoms with van der Waals surface area (Å²) < 4.78 is 14.9. The maximum atomic E-state index is 13.0. The second kappa shape index (κ2) is 5.20. The van der Waals surface area contributed by atoms with E-state index in [1.165, 1.54) is 6.07 Å². The van der Waals surface area contributed by atoms with Gasteiger partial charge in [0, 0.05) is 24.8 Å². The van der Waals surface area contributed by atoms with Gasteiger partial charge in [0.1, 0.15) is 5.82 Å². The van der Waals surface area contributed by atoms with Crippen LogP contribution in [0.2, 0.25) is 0 Å². The lowest BCUT2D eigenvalue weighted by molar-refractivity contribution is 0.620. The molecule has 0 saturated carbocycles. The largest absolute Gasteiger partial charge is 0.308 e. The van der Waals surface area contributed by atoms with Gasteiger partial charge in [0.2, 0.25) is 0 Å². The van der Waals surface area contributed by atoms with Gasteiger partial charge in [-0.05, 0) is 29.8 Å². The SMILES string of the molecule is Fc1cccc(CNCc2cnn3ccccc23)c1. The van der Waals surface area contributed by atoms with Gasteiger partial charge in [0.15, 0.2) is 0 Å². The molecule has 1 N–H and O–H groups in total. The molecular weight excluding hydrogens is 241 g/mol. The first-order valence-electron chi connectivity index (χ1n) is 6.19. The zero-order valence-corrected chi connectivity index (χ0v) is 10.4. The lowest BCUT2D eigenvalue weighted by atomic mass is 10.2. The van der Waals surface area contributed by atoms with Gasteiger partial charge < -0.3 is 5.32 Å². The van der Waals surface area contributed by atoms with Crippen LogP contribution in [-0.2, 0) is 13.1 Å². The number of pyridine rings is 1. The van der Waals surface area contributed by atoms with Crippen molar-refractivity contribution in [2.24, 2.45) is 0 Å². The molecule has 2 aromatic heterocycles. The minimum absolute atomic E-state index is 0.199. The number of nitrogens with one attached hydrogen (secondary N) is 1. The Labute approximate surface area is 110 Å².